The second-order valence-electron chi connectivity index (χ2n) is 2.17. The summed E-state index contributed by atoms with van der Waals surface area (Å²) in [5.41, 5.74) is 0. The van der Waals surface area contributed by atoms with E-state index in [0.717, 1.165) is 0 Å². The molecule has 2 unspecified atom stereocenters. The van der Waals surface area contributed by atoms with Crippen LogP contribution < -0.4 is 5.06 Å². The van der Waals surface area contributed by atoms with Crippen molar-refractivity contribution in [3.63, 3.8) is 0 Å². The van der Waals surface area contributed by atoms with Gasteiger partial charge in [0, 0.05) is 0 Å². The molecule has 0 aliphatic carbocycles. The molecule has 1 heterocycles. The number of nitrogens with one attached hydrogen (secondary N) is 1. The molecule has 3 N–H and O–H groups in total. The minimum atomic E-state index is 0.163. The van der Waals surface area contributed by atoms with Crippen LogP contribution in [0.3, 0.4) is 0 Å². The molecule has 0 radical (unpaired) electrons. The molecule has 0 aromatic carbocycles. The number of hydroxylamine groups is 2. The van der Waals surface area contributed by atoms with E-state index < -0.39 is 0 Å². The highest BCUT2D eigenvalue weighted by Gasteiger charge is 2.12. The number of ether oxygens (including phenoxy) is 1. The maximum Gasteiger partial charge on any atom is 0.104 e. The van der Waals surface area contributed by atoms with E-state index in [1.54, 1.807) is 0 Å². The Morgan fingerprint density at radius 3 is 2.50 bits per heavy atom. The van der Waals surface area contributed by atoms with Gasteiger partial charge in [-0.25, -0.2) is 0 Å². The van der Waals surface area contributed by atoms with Gasteiger partial charge in [-0.15, -0.1) is 0 Å². The molecule has 10 heavy (non-hydrogen) atoms. The van der Waals surface area contributed by atoms with Gasteiger partial charge in [0.1, 0.15) is 19.2 Å². The maximum absolute atomic E-state index is 10.6. The van der Waals surface area contributed by atoms with E-state index in [0.29, 0.717) is 24.8 Å². The lowest BCUT2D eigenvalue weighted by Gasteiger charge is -2.30. The Balaban J connectivity index is 0.000000371. The van der Waals surface area contributed by atoms with Crippen LogP contribution in [-0.4, -0.2) is 36.3 Å². The molecule has 0 spiro atoms. The van der Waals surface area contributed by atoms with Crippen LogP contribution in [0, 0.1) is 5.21 Å². The molecule has 5 nitrogen and oxygen atoms in total. The van der Waals surface area contributed by atoms with Crippen LogP contribution in [0.5, 0.6) is 0 Å². The quantitative estimate of drug-likeness (QED) is 0.231. The van der Waals surface area contributed by atoms with Gasteiger partial charge in [-0.05, 0) is 6.92 Å². The Labute approximate surface area is 59.3 Å². The van der Waals surface area contributed by atoms with Crippen LogP contribution in [0.2, 0.25) is 0 Å². The first kappa shape index (κ1) is 9.80. The van der Waals surface area contributed by atoms with Crippen molar-refractivity contribution < 1.29 is 20.3 Å². The standard InChI is InChI=1S/C5H11NO2.H2O2/c1-5-4-6(7)2-3-8-5;1-2/h5-6H,2-4H2,1H3;1-2H. The van der Waals surface area contributed by atoms with Crippen LogP contribution in [0.15, 0.2) is 0 Å². The Morgan fingerprint density at radius 2 is 2.20 bits per heavy atom. The lowest BCUT2D eigenvalue weighted by atomic mass is 10.3. The topological polar surface area (TPSA) is 77.2 Å². The predicted molar refractivity (Wildman–Crippen MR) is 34.7 cm³/mol. The molecule has 5 heteroatoms. The number of quaternary nitrogens is 1. The maximum atomic E-state index is 10.6. The Kier molecular flexibility index (Phi) is 5.46. The van der Waals surface area contributed by atoms with Gasteiger partial charge in [-0.3, -0.25) is 10.5 Å². The van der Waals surface area contributed by atoms with E-state index >= 15 is 0 Å². The van der Waals surface area contributed by atoms with E-state index in [4.69, 9.17) is 15.3 Å². The van der Waals surface area contributed by atoms with Crippen LogP contribution >= 0.6 is 0 Å². The first-order valence-electron chi connectivity index (χ1n) is 3.12. The van der Waals surface area contributed by atoms with Gasteiger partial charge in [0.15, 0.2) is 0 Å². The van der Waals surface area contributed by atoms with E-state index in [1.807, 2.05) is 6.92 Å². The molecular formula is C5H13NO4. The average molecular weight is 151 g/mol. The third kappa shape index (κ3) is 3.76. The molecule has 0 bridgehead atoms. The van der Waals surface area contributed by atoms with Gasteiger partial charge in [-0.2, -0.15) is 0 Å². The van der Waals surface area contributed by atoms with Crippen molar-refractivity contribution in [3.05, 3.63) is 5.21 Å². The van der Waals surface area contributed by atoms with Gasteiger partial charge in [0.25, 0.3) is 0 Å². The van der Waals surface area contributed by atoms with E-state index in [1.165, 1.54) is 0 Å². The number of rotatable bonds is 0. The van der Waals surface area contributed by atoms with Crippen molar-refractivity contribution in [2.45, 2.75) is 13.0 Å². The summed E-state index contributed by atoms with van der Waals surface area (Å²) in [5.74, 6) is 0. The zero-order valence-corrected chi connectivity index (χ0v) is 5.91. The van der Waals surface area contributed by atoms with Gasteiger partial charge in [0.2, 0.25) is 0 Å². The van der Waals surface area contributed by atoms with Gasteiger partial charge >= 0.3 is 0 Å². The summed E-state index contributed by atoms with van der Waals surface area (Å²) in [5, 5.41) is 22.9. The largest absolute Gasteiger partial charge is 0.634 e. The molecule has 0 saturated carbocycles. The molecule has 1 aliphatic rings. The van der Waals surface area contributed by atoms with Crippen LogP contribution in [-0.2, 0) is 4.74 Å². The summed E-state index contributed by atoms with van der Waals surface area (Å²) >= 11 is 0. The predicted octanol–water partition coefficient (Wildman–Crippen LogP) is -1.19. The summed E-state index contributed by atoms with van der Waals surface area (Å²) in [6, 6.07) is 0. The molecule has 62 valence electrons. The molecule has 1 aliphatic heterocycles. The molecule has 2 atom stereocenters. The zero-order valence-electron chi connectivity index (χ0n) is 5.91. The third-order valence-corrected chi connectivity index (χ3v) is 1.30. The second-order valence-corrected chi connectivity index (χ2v) is 2.17. The van der Waals surface area contributed by atoms with Crippen molar-refractivity contribution in [1.29, 1.82) is 0 Å². The van der Waals surface area contributed by atoms with Crippen molar-refractivity contribution in [3.8, 4) is 0 Å². The fourth-order valence-corrected chi connectivity index (χ4v) is 0.856. The monoisotopic (exact) mass is 151 g/mol. The summed E-state index contributed by atoms with van der Waals surface area (Å²) < 4.78 is 5.13. The minimum Gasteiger partial charge on any atom is -0.634 e. The smallest absolute Gasteiger partial charge is 0.104 e. The molecule has 0 amide bonds. The van der Waals surface area contributed by atoms with Crippen LogP contribution in [0.4, 0.5) is 0 Å². The summed E-state index contributed by atoms with van der Waals surface area (Å²) in [6.07, 6.45) is 0.163. The minimum absolute atomic E-state index is 0.163. The highest BCUT2D eigenvalue weighted by molar-refractivity contribution is 4.49. The molecule has 0 aromatic rings. The first-order chi connectivity index (χ1) is 4.79. The van der Waals surface area contributed by atoms with Crippen molar-refractivity contribution in [2.24, 2.45) is 0 Å². The normalized spacial score (nSPS) is 32.4. The first-order valence-corrected chi connectivity index (χ1v) is 3.12. The second kappa shape index (κ2) is 5.57. The summed E-state index contributed by atoms with van der Waals surface area (Å²) in [4.78, 5) is 0. The summed E-state index contributed by atoms with van der Waals surface area (Å²) in [6.45, 7) is 3.78. The highest BCUT2D eigenvalue weighted by atomic mass is 17.0. The fourth-order valence-electron chi connectivity index (χ4n) is 0.856. The molecule has 1 saturated heterocycles. The third-order valence-electron chi connectivity index (χ3n) is 1.30. The van der Waals surface area contributed by atoms with Gasteiger partial charge in [0.05, 0.1) is 6.61 Å². The fraction of sp³-hybridized carbons (Fsp3) is 1.00. The van der Waals surface area contributed by atoms with Gasteiger partial charge in [-0.1, -0.05) is 0 Å². The molecule has 1 rings (SSSR count). The van der Waals surface area contributed by atoms with E-state index in [9.17, 15) is 5.21 Å². The molecule has 0 aromatic heterocycles. The number of morpholine rings is 1. The lowest BCUT2D eigenvalue weighted by Crippen LogP contribution is -3.10. The highest BCUT2D eigenvalue weighted by Crippen LogP contribution is 1.87. The van der Waals surface area contributed by atoms with Crippen molar-refractivity contribution in [1.82, 2.24) is 0 Å². The Bertz CT molecular complexity index is 72.0. The molecular weight excluding hydrogens is 138 g/mol. The average Bonchev–Trinajstić information content (AvgIpc) is 1.91. The number of hydrogen-bond donors (Lipinski definition) is 3. The zero-order chi connectivity index (χ0) is 7.98. The lowest BCUT2D eigenvalue weighted by molar-refractivity contribution is -0.861. The Hall–Kier alpha value is -0.200. The Morgan fingerprint density at radius 1 is 1.60 bits per heavy atom. The van der Waals surface area contributed by atoms with Crippen LogP contribution in [0.1, 0.15) is 6.92 Å². The van der Waals surface area contributed by atoms with E-state index in [-0.39, 0.29) is 6.10 Å². The SMILES string of the molecule is CC1C[NH+]([O-])CCO1.OO. The van der Waals surface area contributed by atoms with Crippen molar-refractivity contribution >= 4 is 0 Å². The summed E-state index contributed by atoms with van der Waals surface area (Å²) in [7, 11) is 0. The van der Waals surface area contributed by atoms with Crippen molar-refractivity contribution in [2.75, 3.05) is 19.7 Å². The van der Waals surface area contributed by atoms with Gasteiger partial charge < -0.3 is 15.0 Å². The van der Waals surface area contributed by atoms with E-state index in [2.05, 4.69) is 0 Å². The van der Waals surface area contributed by atoms with Crippen LogP contribution in [0.25, 0.3) is 0 Å². The number of hydrogen-bond acceptors (Lipinski definition) is 4. The molecule has 1 fully saturated rings.